The summed E-state index contributed by atoms with van der Waals surface area (Å²) in [6.45, 7) is 1.83. The second-order valence-electron chi connectivity index (χ2n) is 2.79. The van der Waals surface area contributed by atoms with E-state index in [1.165, 1.54) is 7.11 Å². The number of methoxy groups -OCH3 is 1. The highest BCUT2D eigenvalue weighted by molar-refractivity contribution is 6.31. The van der Waals surface area contributed by atoms with E-state index in [9.17, 15) is 4.79 Å². The zero-order valence-corrected chi connectivity index (χ0v) is 8.68. The number of nitrogens with one attached hydrogen (secondary N) is 1. The molecule has 0 atom stereocenters. The van der Waals surface area contributed by atoms with Crippen LogP contribution in [0.15, 0.2) is 12.1 Å². The van der Waals surface area contributed by atoms with Crippen LogP contribution in [0, 0.1) is 6.92 Å². The number of primary amides is 1. The van der Waals surface area contributed by atoms with Gasteiger partial charge in [-0.3, -0.25) is 0 Å². The van der Waals surface area contributed by atoms with E-state index in [0.717, 1.165) is 5.56 Å². The summed E-state index contributed by atoms with van der Waals surface area (Å²) >= 11 is 5.88. The first kappa shape index (κ1) is 10.7. The minimum atomic E-state index is -0.634. The van der Waals surface area contributed by atoms with Crippen LogP contribution in [0.5, 0.6) is 5.75 Å². The lowest BCUT2D eigenvalue weighted by atomic mass is 10.2. The van der Waals surface area contributed by atoms with Gasteiger partial charge in [0.1, 0.15) is 5.75 Å². The number of carbonyl (C=O) groups excluding carboxylic acids is 1. The van der Waals surface area contributed by atoms with Crippen molar-refractivity contribution in [2.75, 3.05) is 12.4 Å². The normalized spacial score (nSPS) is 9.64. The van der Waals surface area contributed by atoms with E-state index in [2.05, 4.69) is 5.32 Å². The summed E-state index contributed by atoms with van der Waals surface area (Å²) in [5.41, 5.74) is 6.36. The first-order chi connectivity index (χ1) is 6.54. The molecule has 0 aliphatic heterocycles. The number of ether oxygens (including phenoxy) is 1. The molecule has 0 unspecified atom stereocenters. The van der Waals surface area contributed by atoms with E-state index >= 15 is 0 Å². The van der Waals surface area contributed by atoms with Gasteiger partial charge >= 0.3 is 6.03 Å². The van der Waals surface area contributed by atoms with Crippen LogP contribution >= 0.6 is 11.6 Å². The van der Waals surface area contributed by atoms with Gasteiger partial charge in [0, 0.05) is 11.1 Å². The summed E-state index contributed by atoms with van der Waals surface area (Å²) < 4.78 is 5.03. The number of nitrogens with two attached hydrogens (primary N) is 1. The van der Waals surface area contributed by atoms with Gasteiger partial charge in [0.25, 0.3) is 0 Å². The number of rotatable bonds is 2. The summed E-state index contributed by atoms with van der Waals surface area (Å²) in [5.74, 6) is 0.486. The van der Waals surface area contributed by atoms with Gasteiger partial charge in [0.15, 0.2) is 0 Å². The highest BCUT2D eigenvalue weighted by Crippen LogP contribution is 2.30. The molecule has 4 nitrogen and oxygen atoms in total. The van der Waals surface area contributed by atoms with Crippen molar-refractivity contribution in [2.24, 2.45) is 5.73 Å². The van der Waals surface area contributed by atoms with E-state index in [0.29, 0.717) is 16.5 Å². The third kappa shape index (κ3) is 2.29. The molecule has 1 aromatic carbocycles. The maximum atomic E-state index is 10.7. The van der Waals surface area contributed by atoms with Gasteiger partial charge in [0.2, 0.25) is 0 Å². The third-order valence-corrected chi connectivity index (χ3v) is 2.15. The van der Waals surface area contributed by atoms with E-state index in [-0.39, 0.29) is 0 Å². The Morgan fingerprint density at radius 1 is 1.57 bits per heavy atom. The van der Waals surface area contributed by atoms with Crippen molar-refractivity contribution >= 4 is 23.3 Å². The molecular weight excluding hydrogens is 204 g/mol. The van der Waals surface area contributed by atoms with Gasteiger partial charge in [0.05, 0.1) is 12.8 Å². The largest absolute Gasteiger partial charge is 0.495 e. The third-order valence-electron chi connectivity index (χ3n) is 1.74. The summed E-state index contributed by atoms with van der Waals surface area (Å²) in [6, 6.07) is 2.69. The lowest BCUT2D eigenvalue weighted by Gasteiger charge is -2.10. The molecule has 0 saturated carbocycles. The molecule has 0 radical (unpaired) electrons. The van der Waals surface area contributed by atoms with Crippen LogP contribution < -0.4 is 15.8 Å². The SMILES string of the molecule is COc1cc(Cl)c(C)cc1NC(N)=O. The molecule has 0 aliphatic rings. The molecule has 1 aromatic rings. The quantitative estimate of drug-likeness (QED) is 0.792. The van der Waals surface area contributed by atoms with Crippen LogP contribution in [-0.4, -0.2) is 13.1 Å². The average Bonchev–Trinajstić information content (AvgIpc) is 2.10. The highest BCUT2D eigenvalue weighted by atomic mass is 35.5. The number of aryl methyl sites for hydroxylation is 1. The molecule has 14 heavy (non-hydrogen) atoms. The van der Waals surface area contributed by atoms with Gasteiger partial charge in [-0.2, -0.15) is 0 Å². The summed E-state index contributed by atoms with van der Waals surface area (Å²) in [7, 11) is 1.49. The van der Waals surface area contributed by atoms with Crippen LogP contribution in [0.2, 0.25) is 5.02 Å². The maximum absolute atomic E-state index is 10.7. The Morgan fingerprint density at radius 2 is 2.21 bits per heavy atom. The van der Waals surface area contributed by atoms with Crippen molar-refractivity contribution in [3.8, 4) is 5.75 Å². The Labute approximate surface area is 87.0 Å². The molecule has 2 amide bonds. The monoisotopic (exact) mass is 214 g/mol. The van der Waals surface area contributed by atoms with Crippen molar-refractivity contribution in [1.29, 1.82) is 0 Å². The first-order valence-corrected chi connectivity index (χ1v) is 4.33. The van der Waals surface area contributed by atoms with Gasteiger partial charge < -0.3 is 15.8 Å². The van der Waals surface area contributed by atoms with Crippen LogP contribution in [0.25, 0.3) is 0 Å². The van der Waals surface area contributed by atoms with Crippen molar-refractivity contribution in [3.63, 3.8) is 0 Å². The van der Waals surface area contributed by atoms with Gasteiger partial charge in [-0.15, -0.1) is 0 Å². The van der Waals surface area contributed by atoms with Crippen molar-refractivity contribution in [1.82, 2.24) is 0 Å². The summed E-state index contributed by atoms with van der Waals surface area (Å²) in [4.78, 5) is 10.7. The fraction of sp³-hybridized carbons (Fsp3) is 0.222. The Hall–Kier alpha value is -1.42. The van der Waals surface area contributed by atoms with Crippen molar-refractivity contribution < 1.29 is 9.53 Å². The summed E-state index contributed by atoms with van der Waals surface area (Å²) in [6.07, 6.45) is 0. The smallest absolute Gasteiger partial charge is 0.316 e. The second-order valence-corrected chi connectivity index (χ2v) is 3.20. The van der Waals surface area contributed by atoms with E-state index in [1.54, 1.807) is 12.1 Å². The fourth-order valence-electron chi connectivity index (χ4n) is 1.06. The van der Waals surface area contributed by atoms with Crippen molar-refractivity contribution in [2.45, 2.75) is 6.92 Å². The molecule has 0 aliphatic carbocycles. The number of halogens is 1. The first-order valence-electron chi connectivity index (χ1n) is 3.95. The predicted octanol–water partition coefficient (Wildman–Crippen LogP) is 2.15. The zero-order valence-electron chi connectivity index (χ0n) is 7.93. The zero-order chi connectivity index (χ0) is 10.7. The van der Waals surface area contributed by atoms with Crippen LogP contribution in [0.4, 0.5) is 10.5 Å². The standard InChI is InChI=1S/C9H11ClN2O2/c1-5-3-7(12-9(11)13)8(14-2)4-6(5)10/h3-4H,1-2H3,(H3,11,12,13). The van der Waals surface area contributed by atoms with E-state index in [4.69, 9.17) is 22.1 Å². The van der Waals surface area contributed by atoms with E-state index < -0.39 is 6.03 Å². The molecule has 0 aromatic heterocycles. The molecule has 1 rings (SSSR count). The topological polar surface area (TPSA) is 64.3 Å². The number of hydrogen-bond acceptors (Lipinski definition) is 2. The molecule has 3 N–H and O–H groups in total. The molecule has 0 bridgehead atoms. The number of carbonyl (C=O) groups is 1. The Kier molecular flexibility index (Phi) is 3.19. The lowest BCUT2D eigenvalue weighted by molar-refractivity contribution is 0.259. The Bertz CT molecular complexity index is 366. The van der Waals surface area contributed by atoms with Crippen LogP contribution in [0.3, 0.4) is 0 Å². The molecule has 0 heterocycles. The number of benzene rings is 1. The van der Waals surface area contributed by atoms with Gasteiger partial charge in [-0.25, -0.2) is 4.79 Å². The molecule has 0 spiro atoms. The Morgan fingerprint density at radius 3 is 2.71 bits per heavy atom. The minimum Gasteiger partial charge on any atom is -0.495 e. The molecule has 0 saturated heterocycles. The Balaban J connectivity index is 3.13. The second kappa shape index (κ2) is 4.19. The fourth-order valence-corrected chi connectivity index (χ4v) is 1.22. The number of amides is 2. The number of hydrogen-bond donors (Lipinski definition) is 2. The maximum Gasteiger partial charge on any atom is 0.316 e. The number of anilines is 1. The lowest BCUT2D eigenvalue weighted by Crippen LogP contribution is -2.19. The van der Waals surface area contributed by atoms with E-state index in [1.807, 2.05) is 6.92 Å². The predicted molar refractivity (Wildman–Crippen MR) is 55.9 cm³/mol. The highest BCUT2D eigenvalue weighted by Gasteiger charge is 2.07. The number of urea groups is 1. The minimum absolute atomic E-state index is 0.486. The van der Waals surface area contributed by atoms with Crippen LogP contribution in [0.1, 0.15) is 5.56 Å². The summed E-state index contributed by atoms with van der Waals surface area (Å²) in [5, 5.41) is 3.03. The molecular formula is C9H11ClN2O2. The van der Waals surface area contributed by atoms with Crippen molar-refractivity contribution in [3.05, 3.63) is 22.7 Å². The molecule has 76 valence electrons. The van der Waals surface area contributed by atoms with Crippen LogP contribution in [-0.2, 0) is 0 Å². The van der Waals surface area contributed by atoms with Gasteiger partial charge in [-0.05, 0) is 18.6 Å². The van der Waals surface area contributed by atoms with Gasteiger partial charge in [-0.1, -0.05) is 11.6 Å². The molecule has 5 heteroatoms. The average molecular weight is 215 g/mol. The molecule has 0 fully saturated rings.